The minimum Gasteiger partial charge on any atom is -0.494 e. The lowest BCUT2D eigenvalue weighted by Gasteiger charge is -2.21. The van der Waals surface area contributed by atoms with Crippen LogP contribution in [0.3, 0.4) is 0 Å². The van der Waals surface area contributed by atoms with Crippen LogP contribution >= 0.6 is 11.3 Å². The van der Waals surface area contributed by atoms with E-state index in [1.54, 1.807) is 0 Å². The minimum atomic E-state index is 0.0432. The zero-order valence-corrected chi connectivity index (χ0v) is 18.9. The predicted octanol–water partition coefficient (Wildman–Crippen LogP) is 6.09. The highest BCUT2D eigenvalue weighted by Gasteiger charge is 2.21. The molecule has 1 aromatic heterocycles. The van der Waals surface area contributed by atoms with Gasteiger partial charge in [-0.3, -0.25) is 9.69 Å². The molecule has 4 rings (SSSR count). The lowest BCUT2D eigenvalue weighted by Crippen LogP contribution is -2.31. The van der Waals surface area contributed by atoms with Gasteiger partial charge in [0.15, 0.2) is 5.13 Å². The molecule has 0 spiro atoms. The number of hydrogen-bond donors (Lipinski definition) is 0. The van der Waals surface area contributed by atoms with Crippen molar-refractivity contribution in [3.05, 3.63) is 89.0 Å². The number of anilines is 1. The van der Waals surface area contributed by atoms with E-state index in [-0.39, 0.29) is 5.91 Å². The number of ether oxygens (including phenoxy) is 1. The molecule has 1 amide bonds. The number of carbonyl (C=O) groups is 1. The minimum absolute atomic E-state index is 0.0432. The first-order chi connectivity index (χ1) is 15.0. The third-order valence-electron chi connectivity index (χ3n) is 5.22. The Kier molecular flexibility index (Phi) is 6.33. The molecule has 158 valence electrons. The van der Waals surface area contributed by atoms with E-state index in [1.165, 1.54) is 11.3 Å². The molecule has 0 aliphatic rings. The molecule has 1 heterocycles. The van der Waals surface area contributed by atoms with Crippen molar-refractivity contribution < 1.29 is 9.53 Å². The van der Waals surface area contributed by atoms with E-state index in [0.717, 1.165) is 38.2 Å². The van der Waals surface area contributed by atoms with E-state index in [1.807, 2.05) is 60.4 Å². The van der Waals surface area contributed by atoms with Gasteiger partial charge in [-0.1, -0.05) is 65.4 Å². The fourth-order valence-electron chi connectivity index (χ4n) is 3.54. The second-order valence-corrected chi connectivity index (χ2v) is 8.64. The SMILES string of the molecule is CCOc1ccc2nc(N(Cc3ccccc3)C(=O)Cc3cc(C)ccc3C)sc2c1. The van der Waals surface area contributed by atoms with Crippen LogP contribution in [-0.2, 0) is 17.8 Å². The van der Waals surface area contributed by atoms with Crippen LogP contribution in [0.5, 0.6) is 5.75 Å². The maximum absolute atomic E-state index is 13.5. The van der Waals surface area contributed by atoms with Crippen LogP contribution < -0.4 is 9.64 Å². The first-order valence-electron chi connectivity index (χ1n) is 10.5. The second kappa shape index (κ2) is 9.31. The maximum atomic E-state index is 13.5. The van der Waals surface area contributed by atoms with Gasteiger partial charge in [0.1, 0.15) is 5.75 Å². The maximum Gasteiger partial charge on any atom is 0.233 e. The smallest absolute Gasteiger partial charge is 0.233 e. The van der Waals surface area contributed by atoms with E-state index in [0.29, 0.717) is 24.7 Å². The van der Waals surface area contributed by atoms with Gasteiger partial charge in [-0.2, -0.15) is 0 Å². The van der Waals surface area contributed by atoms with Gasteiger partial charge in [0, 0.05) is 0 Å². The van der Waals surface area contributed by atoms with Crippen LogP contribution in [0.1, 0.15) is 29.2 Å². The van der Waals surface area contributed by atoms with E-state index in [2.05, 4.69) is 32.0 Å². The van der Waals surface area contributed by atoms with E-state index < -0.39 is 0 Å². The number of benzene rings is 3. The summed E-state index contributed by atoms with van der Waals surface area (Å²) in [6, 6.07) is 22.2. The number of carbonyl (C=O) groups excluding carboxylic acids is 1. The summed E-state index contributed by atoms with van der Waals surface area (Å²) in [4.78, 5) is 20.1. The van der Waals surface area contributed by atoms with Gasteiger partial charge in [-0.15, -0.1) is 0 Å². The fourth-order valence-corrected chi connectivity index (χ4v) is 4.55. The van der Waals surface area contributed by atoms with Crippen molar-refractivity contribution in [1.82, 2.24) is 4.98 Å². The molecule has 0 radical (unpaired) electrons. The summed E-state index contributed by atoms with van der Waals surface area (Å²) in [5, 5.41) is 0.711. The number of nitrogens with zero attached hydrogens (tertiary/aromatic N) is 2. The summed E-state index contributed by atoms with van der Waals surface area (Å²) in [7, 11) is 0. The lowest BCUT2D eigenvalue weighted by molar-refractivity contribution is -0.118. The highest BCUT2D eigenvalue weighted by Crippen LogP contribution is 2.33. The second-order valence-electron chi connectivity index (χ2n) is 7.63. The molecule has 0 bridgehead atoms. The molecule has 0 aliphatic heterocycles. The van der Waals surface area contributed by atoms with Crippen molar-refractivity contribution in [3.63, 3.8) is 0 Å². The molecule has 31 heavy (non-hydrogen) atoms. The first kappa shape index (κ1) is 21.1. The highest BCUT2D eigenvalue weighted by molar-refractivity contribution is 7.22. The molecule has 0 N–H and O–H groups in total. The van der Waals surface area contributed by atoms with Crippen LogP contribution in [-0.4, -0.2) is 17.5 Å². The van der Waals surface area contributed by atoms with Gasteiger partial charge in [0.25, 0.3) is 0 Å². The molecule has 0 saturated heterocycles. The Labute approximate surface area is 187 Å². The molecular formula is C26H26N2O2S. The number of aromatic nitrogens is 1. The van der Waals surface area contributed by atoms with Gasteiger partial charge in [0.05, 0.1) is 29.8 Å². The average Bonchev–Trinajstić information content (AvgIpc) is 3.18. The Morgan fingerprint density at radius 3 is 2.61 bits per heavy atom. The number of rotatable bonds is 7. The summed E-state index contributed by atoms with van der Waals surface area (Å²) < 4.78 is 6.64. The number of aryl methyl sites for hydroxylation is 2. The third kappa shape index (κ3) is 4.94. The van der Waals surface area contributed by atoms with Crippen LogP contribution in [0.25, 0.3) is 10.2 Å². The van der Waals surface area contributed by atoms with Crippen molar-refractivity contribution in [2.45, 2.75) is 33.7 Å². The molecule has 0 unspecified atom stereocenters. The Morgan fingerprint density at radius 1 is 1.03 bits per heavy atom. The molecule has 0 aliphatic carbocycles. The quantitative estimate of drug-likeness (QED) is 0.356. The highest BCUT2D eigenvalue weighted by atomic mass is 32.1. The number of hydrogen-bond acceptors (Lipinski definition) is 4. The molecule has 4 aromatic rings. The van der Waals surface area contributed by atoms with Gasteiger partial charge >= 0.3 is 0 Å². The van der Waals surface area contributed by atoms with E-state index in [9.17, 15) is 4.79 Å². The Hall–Kier alpha value is -3.18. The van der Waals surface area contributed by atoms with E-state index >= 15 is 0 Å². The first-order valence-corrected chi connectivity index (χ1v) is 11.3. The van der Waals surface area contributed by atoms with Crippen molar-refractivity contribution >= 4 is 32.6 Å². The molecule has 0 saturated carbocycles. The molecule has 3 aromatic carbocycles. The monoisotopic (exact) mass is 430 g/mol. The van der Waals surface area contributed by atoms with Crippen molar-refractivity contribution in [2.24, 2.45) is 0 Å². The molecule has 0 atom stereocenters. The summed E-state index contributed by atoms with van der Waals surface area (Å²) >= 11 is 1.52. The standard InChI is InChI=1S/C26H26N2O2S/c1-4-30-22-12-13-23-24(16-22)31-26(27-23)28(17-20-8-6-5-7-9-20)25(29)15-21-14-18(2)10-11-19(21)3/h5-14,16H,4,15,17H2,1-3H3. The summed E-state index contributed by atoms with van der Waals surface area (Å²) in [6.07, 6.45) is 0.348. The number of amides is 1. The van der Waals surface area contributed by atoms with Crippen LogP contribution in [0, 0.1) is 13.8 Å². The van der Waals surface area contributed by atoms with Gasteiger partial charge in [0.2, 0.25) is 5.91 Å². The summed E-state index contributed by atoms with van der Waals surface area (Å²) in [5.41, 5.74) is 5.30. The fraction of sp³-hybridized carbons (Fsp3) is 0.231. The Balaban J connectivity index is 1.69. The van der Waals surface area contributed by atoms with Gasteiger partial charge < -0.3 is 4.74 Å². The van der Waals surface area contributed by atoms with Gasteiger partial charge in [-0.25, -0.2) is 4.98 Å². The third-order valence-corrected chi connectivity index (χ3v) is 6.26. The topological polar surface area (TPSA) is 42.4 Å². The van der Waals surface area contributed by atoms with Crippen LogP contribution in [0.15, 0.2) is 66.7 Å². The summed E-state index contributed by atoms with van der Waals surface area (Å²) in [5.74, 6) is 0.864. The molecule has 5 heteroatoms. The zero-order chi connectivity index (χ0) is 21.8. The number of thiazole rings is 1. The molecular weight excluding hydrogens is 404 g/mol. The van der Waals surface area contributed by atoms with Crippen LogP contribution in [0.4, 0.5) is 5.13 Å². The average molecular weight is 431 g/mol. The Bertz CT molecular complexity index is 1200. The number of fused-ring (bicyclic) bond motifs is 1. The largest absolute Gasteiger partial charge is 0.494 e. The van der Waals surface area contributed by atoms with E-state index in [4.69, 9.17) is 9.72 Å². The molecule has 4 nitrogen and oxygen atoms in total. The Morgan fingerprint density at radius 2 is 1.84 bits per heavy atom. The molecule has 0 fully saturated rings. The normalized spacial score (nSPS) is 10.9. The lowest BCUT2D eigenvalue weighted by atomic mass is 10.0. The van der Waals surface area contributed by atoms with Crippen molar-refractivity contribution in [1.29, 1.82) is 0 Å². The van der Waals surface area contributed by atoms with Crippen molar-refractivity contribution in [3.8, 4) is 5.75 Å². The van der Waals surface area contributed by atoms with Gasteiger partial charge in [-0.05, 0) is 55.7 Å². The van der Waals surface area contributed by atoms with Crippen LogP contribution in [0.2, 0.25) is 0 Å². The van der Waals surface area contributed by atoms with Crippen molar-refractivity contribution in [2.75, 3.05) is 11.5 Å². The zero-order valence-electron chi connectivity index (χ0n) is 18.1. The predicted molar refractivity (Wildman–Crippen MR) is 128 cm³/mol. The summed E-state index contributed by atoms with van der Waals surface area (Å²) in [6.45, 7) is 7.18.